The van der Waals surface area contributed by atoms with E-state index in [1.165, 1.54) is 10.8 Å². The summed E-state index contributed by atoms with van der Waals surface area (Å²) in [5, 5.41) is 0.874. The molecule has 0 atom stereocenters. The third-order valence-electron chi connectivity index (χ3n) is 2.66. The van der Waals surface area contributed by atoms with Crippen molar-refractivity contribution in [1.82, 2.24) is 4.57 Å². The molecule has 0 aliphatic heterocycles. The van der Waals surface area contributed by atoms with Crippen molar-refractivity contribution in [2.75, 3.05) is 0 Å². The predicted octanol–water partition coefficient (Wildman–Crippen LogP) is 0.594. The van der Waals surface area contributed by atoms with Crippen molar-refractivity contribution < 1.29 is 64.3 Å². The molecule has 0 unspecified atom stereocenters. The molecule has 2 aromatic rings. The van der Waals surface area contributed by atoms with E-state index in [1.807, 2.05) is 25.1 Å². The summed E-state index contributed by atoms with van der Waals surface area (Å²) >= 11 is 0. The first-order chi connectivity index (χ1) is 7.51. The average Bonchev–Trinajstić information content (AvgIpc) is 2.59. The summed E-state index contributed by atoms with van der Waals surface area (Å²) in [6, 6.07) is 7.33. The van der Waals surface area contributed by atoms with Gasteiger partial charge in [0.1, 0.15) is 0 Å². The molecule has 0 aliphatic carbocycles. The van der Waals surface area contributed by atoms with Gasteiger partial charge in [-0.05, 0) is 29.9 Å². The molecule has 17 heavy (non-hydrogen) atoms. The normalized spacial score (nSPS) is 11.5. The zero-order valence-corrected chi connectivity index (χ0v) is 13.1. The van der Waals surface area contributed by atoms with Crippen molar-refractivity contribution in [3.63, 3.8) is 0 Å². The SMILES string of the molecule is CCc1cccc2ccn(C[B-](F)(F)F)c12.[K+]. The number of fused-ring (bicyclic) bond motifs is 1. The smallest absolute Gasteiger partial charge is 0.448 e. The zero-order chi connectivity index (χ0) is 11.8. The Morgan fingerprint density at radius 1 is 1.18 bits per heavy atom. The zero-order valence-electron chi connectivity index (χ0n) is 9.96. The van der Waals surface area contributed by atoms with E-state index < -0.39 is 13.4 Å². The Hall–Kier alpha value is 0.251. The summed E-state index contributed by atoms with van der Waals surface area (Å²) in [4.78, 5) is 0. The molecule has 0 bridgehead atoms. The van der Waals surface area contributed by atoms with Gasteiger partial charge in [-0.15, -0.1) is 0 Å². The standard InChI is InChI=1S/C11H12BF3N.K/c1-2-9-4-3-5-10-6-7-16(11(9)10)8-12(13,14)15;/h3-7H,2,8H2,1H3;/q-1;+1. The Balaban J connectivity index is 0.00000144. The van der Waals surface area contributed by atoms with Crippen LogP contribution in [0.2, 0.25) is 0 Å². The van der Waals surface area contributed by atoms with E-state index in [0.29, 0.717) is 5.52 Å². The van der Waals surface area contributed by atoms with Crippen molar-refractivity contribution in [2.24, 2.45) is 0 Å². The minimum absolute atomic E-state index is 0. The van der Waals surface area contributed by atoms with E-state index in [9.17, 15) is 12.9 Å². The van der Waals surface area contributed by atoms with Gasteiger partial charge < -0.3 is 17.5 Å². The Morgan fingerprint density at radius 3 is 2.47 bits per heavy atom. The fraction of sp³-hybridized carbons (Fsp3) is 0.273. The Labute approximate surface area is 141 Å². The number of hydrogen-bond donors (Lipinski definition) is 0. The molecule has 0 N–H and O–H groups in total. The molecule has 0 saturated carbocycles. The van der Waals surface area contributed by atoms with E-state index in [1.54, 1.807) is 6.07 Å². The fourth-order valence-corrected chi connectivity index (χ4v) is 2.00. The van der Waals surface area contributed by atoms with Gasteiger partial charge in [-0.25, -0.2) is 0 Å². The van der Waals surface area contributed by atoms with Crippen LogP contribution < -0.4 is 51.4 Å². The van der Waals surface area contributed by atoms with Crippen LogP contribution in [0.1, 0.15) is 12.5 Å². The first-order valence-corrected chi connectivity index (χ1v) is 5.29. The van der Waals surface area contributed by atoms with Gasteiger partial charge in [0.15, 0.2) is 0 Å². The first kappa shape index (κ1) is 15.3. The molecule has 1 nitrogen and oxygen atoms in total. The monoisotopic (exact) mass is 265 g/mol. The molecule has 0 amide bonds. The number of para-hydroxylation sites is 1. The second kappa shape index (κ2) is 5.93. The minimum Gasteiger partial charge on any atom is -0.448 e. The maximum Gasteiger partial charge on any atom is 1.00 e. The van der Waals surface area contributed by atoms with E-state index >= 15 is 0 Å². The van der Waals surface area contributed by atoms with Gasteiger partial charge in [-0.1, -0.05) is 25.1 Å². The first-order valence-electron chi connectivity index (χ1n) is 5.29. The number of halogens is 3. The number of aromatic nitrogens is 1. The van der Waals surface area contributed by atoms with Gasteiger partial charge in [-0.3, -0.25) is 0 Å². The van der Waals surface area contributed by atoms with Crippen LogP contribution in [-0.2, 0) is 12.9 Å². The van der Waals surface area contributed by atoms with Crippen LogP contribution in [-0.4, -0.2) is 11.5 Å². The summed E-state index contributed by atoms with van der Waals surface area (Å²) < 4.78 is 38.6. The molecule has 0 fully saturated rings. The molecule has 0 aliphatic rings. The molecule has 1 heterocycles. The molecule has 1 aromatic heterocycles. The van der Waals surface area contributed by atoms with Crippen LogP contribution in [0.25, 0.3) is 10.9 Å². The topological polar surface area (TPSA) is 4.93 Å². The summed E-state index contributed by atoms with van der Waals surface area (Å²) in [6.45, 7) is -2.84. The van der Waals surface area contributed by atoms with Crippen LogP contribution in [0.4, 0.5) is 12.9 Å². The summed E-state index contributed by atoms with van der Waals surface area (Å²) in [6.07, 6.45) is 1.39. The Bertz CT molecular complexity index is 507. The molecule has 86 valence electrons. The molecular weight excluding hydrogens is 253 g/mol. The van der Waals surface area contributed by atoms with Crippen LogP contribution >= 0.6 is 0 Å². The number of rotatable bonds is 3. The Morgan fingerprint density at radius 2 is 1.88 bits per heavy atom. The molecule has 0 radical (unpaired) electrons. The molecular formula is C11H12BF3KN. The second-order valence-electron chi connectivity index (χ2n) is 3.89. The minimum atomic E-state index is -4.79. The van der Waals surface area contributed by atoms with Crippen LogP contribution in [0, 0.1) is 0 Å². The largest absolute Gasteiger partial charge is 1.00 e. The van der Waals surface area contributed by atoms with Crippen molar-refractivity contribution in [3.8, 4) is 0 Å². The molecule has 2 rings (SSSR count). The quantitative estimate of drug-likeness (QED) is 0.716. The third kappa shape index (κ3) is 3.61. The van der Waals surface area contributed by atoms with Crippen molar-refractivity contribution >= 4 is 17.9 Å². The predicted molar refractivity (Wildman–Crippen MR) is 60.4 cm³/mol. The fourth-order valence-electron chi connectivity index (χ4n) is 2.00. The maximum atomic E-state index is 12.4. The van der Waals surface area contributed by atoms with Gasteiger partial charge in [0.2, 0.25) is 0 Å². The van der Waals surface area contributed by atoms with E-state index in [4.69, 9.17) is 0 Å². The van der Waals surface area contributed by atoms with Gasteiger partial charge >= 0.3 is 58.4 Å². The average molecular weight is 265 g/mol. The van der Waals surface area contributed by atoms with Gasteiger partial charge in [0.25, 0.3) is 0 Å². The number of nitrogens with zero attached hydrogens (tertiary/aromatic N) is 1. The molecule has 6 heteroatoms. The molecule has 0 spiro atoms. The Kier molecular flexibility index (Phi) is 5.34. The van der Waals surface area contributed by atoms with E-state index in [-0.39, 0.29) is 51.4 Å². The van der Waals surface area contributed by atoms with E-state index in [0.717, 1.165) is 17.4 Å². The van der Waals surface area contributed by atoms with Gasteiger partial charge in [0, 0.05) is 11.7 Å². The van der Waals surface area contributed by atoms with Gasteiger partial charge in [0.05, 0.1) is 0 Å². The van der Waals surface area contributed by atoms with Crippen molar-refractivity contribution in [1.29, 1.82) is 0 Å². The number of benzene rings is 1. The summed E-state index contributed by atoms with van der Waals surface area (Å²) in [7, 11) is 0. The summed E-state index contributed by atoms with van der Waals surface area (Å²) in [5.41, 5.74) is 1.67. The maximum absolute atomic E-state index is 12.4. The van der Waals surface area contributed by atoms with Crippen LogP contribution in [0.15, 0.2) is 30.5 Å². The summed E-state index contributed by atoms with van der Waals surface area (Å²) in [5.74, 6) is 0. The van der Waals surface area contributed by atoms with Crippen molar-refractivity contribution in [2.45, 2.75) is 19.8 Å². The van der Waals surface area contributed by atoms with Crippen LogP contribution in [0.3, 0.4) is 0 Å². The van der Waals surface area contributed by atoms with Crippen molar-refractivity contribution in [3.05, 3.63) is 36.0 Å². The second-order valence-corrected chi connectivity index (χ2v) is 3.89. The van der Waals surface area contributed by atoms with Gasteiger partial charge in [-0.2, -0.15) is 0 Å². The van der Waals surface area contributed by atoms with Crippen LogP contribution in [0.5, 0.6) is 0 Å². The number of hydrogen-bond acceptors (Lipinski definition) is 0. The third-order valence-corrected chi connectivity index (χ3v) is 2.66. The molecule has 1 aromatic carbocycles. The molecule has 0 saturated heterocycles. The number of aryl methyl sites for hydroxylation is 1. The van der Waals surface area contributed by atoms with E-state index in [2.05, 4.69) is 0 Å².